The molecule has 0 aliphatic rings. The fraction of sp³-hybridized carbons (Fsp3) is 0.778. The van der Waals surface area contributed by atoms with Gasteiger partial charge in [0.15, 0.2) is 0 Å². The fourth-order valence-electron chi connectivity index (χ4n) is 0.587. The van der Waals surface area contributed by atoms with Crippen molar-refractivity contribution in [3.05, 3.63) is 0 Å². The van der Waals surface area contributed by atoms with Gasteiger partial charge in [-0.15, -0.1) is 0 Å². The maximum absolute atomic E-state index is 11.4. The molecule has 0 saturated carbocycles. The molecule has 0 N–H and O–H groups in total. The Hall–Kier alpha value is -0.400. The molecular formula is C9H19N3O2S2. The van der Waals surface area contributed by atoms with E-state index in [1.54, 1.807) is 29.3 Å². The second kappa shape index (κ2) is 7.03. The average molecular weight is 265 g/mol. The topological polar surface area (TPSA) is 45.1 Å². The molecule has 7 heteroatoms. The molecule has 1 amide bonds. The van der Waals surface area contributed by atoms with E-state index in [9.17, 15) is 4.79 Å². The zero-order chi connectivity index (χ0) is 12.8. The highest BCUT2D eigenvalue weighted by atomic mass is 32.2. The summed E-state index contributed by atoms with van der Waals surface area (Å²) in [7, 11) is 5.31. The van der Waals surface area contributed by atoms with E-state index in [1.165, 1.54) is 16.4 Å². The van der Waals surface area contributed by atoms with Gasteiger partial charge in [0.1, 0.15) is 0 Å². The van der Waals surface area contributed by atoms with Crippen molar-refractivity contribution in [2.75, 3.05) is 27.4 Å². The molecule has 0 aliphatic carbocycles. The summed E-state index contributed by atoms with van der Waals surface area (Å²) in [6.45, 7) is 3.99. The van der Waals surface area contributed by atoms with Crippen molar-refractivity contribution in [2.24, 2.45) is 5.16 Å². The van der Waals surface area contributed by atoms with Crippen LogP contribution in [0.15, 0.2) is 5.16 Å². The van der Waals surface area contributed by atoms with Crippen LogP contribution in [0.1, 0.15) is 13.8 Å². The zero-order valence-corrected chi connectivity index (χ0v) is 12.2. The SMILES string of the molecule is CSC(C)(C)C=NOC(=O)N(C)SN(C)C. The normalized spacial score (nSPS) is 12.2. The van der Waals surface area contributed by atoms with Gasteiger partial charge in [0, 0.05) is 23.9 Å². The minimum absolute atomic E-state index is 0.131. The first-order chi connectivity index (χ1) is 7.28. The summed E-state index contributed by atoms with van der Waals surface area (Å²) < 4.78 is 3.02. The third kappa shape index (κ3) is 6.97. The molecule has 0 saturated heterocycles. The largest absolute Gasteiger partial charge is 0.446 e. The van der Waals surface area contributed by atoms with E-state index < -0.39 is 6.09 Å². The van der Waals surface area contributed by atoms with Crippen LogP contribution in [0.3, 0.4) is 0 Å². The lowest BCUT2D eigenvalue weighted by Crippen LogP contribution is -2.24. The summed E-state index contributed by atoms with van der Waals surface area (Å²) in [5.41, 5.74) is 0. The van der Waals surface area contributed by atoms with Crippen molar-refractivity contribution in [3.63, 3.8) is 0 Å². The van der Waals surface area contributed by atoms with Gasteiger partial charge in [-0.2, -0.15) is 11.8 Å². The number of hydrogen-bond acceptors (Lipinski definition) is 6. The number of oxime groups is 1. The van der Waals surface area contributed by atoms with Crippen molar-refractivity contribution in [2.45, 2.75) is 18.6 Å². The Morgan fingerprint density at radius 3 is 2.38 bits per heavy atom. The third-order valence-electron chi connectivity index (χ3n) is 1.56. The molecule has 0 aromatic heterocycles. The average Bonchev–Trinajstić information content (AvgIpc) is 2.16. The lowest BCUT2D eigenvalue weighted by atomic mass is 10.2. The van der Waals surface area contributed by atoms with Gasteiger partial charge in [-0.3, -0.25) is 4.84 Å². The summed E-state index contributed by atoms with van der Waals surface area (Å²) >= 11 is 2.87. The maximum Gasteiger partial charge on any atom is 0.446 e. The molecule has 0 unspecified atom stereocenters. The van der Waals surface area contributed by atoms with E-state index in [1.807, 2.05) is 34.2 Å². The zero-order valence-electron chi connectivity index (χ0n) is 10.6. The first-order valence-corrected chi connectivity index (χ1v) is 6.64. The molecule has 0 atom stereocenters. The monoisotopic (exact) mass is 265 g/mol. The van der Waals surface area contributed by atoms with Crippen LogP contribution in [0, 0.1) is 0 Å². The van der Waals surface area contributed by atoms with Gasteiger partial charge in [0.05, 0.1) is 6.21 Å². The third-order valence-corrected chi connectivity index (χ3v) is 3.44. The summed E-state index contributed by atoms with van der Waals surface area (Å²) in [5, 5.41) is 3.67. The Morgan fingerprint density at radius 2 is 1.94 bits per heavy atom. The Balaban J connectivity index is 4.07. The second-order valence-corrected chi connectivity index (χ2v) is 6.69. The summed E-state index contributed by atoms with van der Waals surface area (Å²) in [6, 6.07) is 0. The molecule has 16 heavy (non-hydrogen) atoms. The molecule has 0 aromatic rings. The quantitative estimate of drug-likeness (QED) is 0.330. The molecule has 0 rings (SSSR count). The van der Waals surface area contributed by atoms with E-state index in [0.29, 0.717) is 0 Å². The van der Waals surface area contributed by atoms with Crippen molar-refractivity contribution in [3.8, 4) is 0 Å². The van der Waals surface area contributed by atoms with Crippen molar-refractivity contribution < 1.29 is 9.63 Å². The molecule has 0 radical (unpaired) electrons. The molecule has 0 bridgehead atoms. The van der Waals surface area contributed by atoms with E-state index >= 15 is 0 Å². The van der Waals surface area contributed by atoms with Crippen LogP contribution in [0.25, 0.3) is 0 Å². The maximum atomic E-state index is 11.4. The van der Waals surface area contributed by atoms with Crippen molar-refractivity contribution in [1.82, 2.24) is 8.61 Å². The Labute approximate surface area is 106 Å². The van der Waals surface area contributed by atoms with Crippen LogP contribution in [-0.2, 0) is 4.84 Å². The van der Waals surface area contributed by atoms with E-state index in [2.05, 4.69) is 5.16 Å². The van der Waals surface area contributed by atoms with Crippen LogP contribution in [0.2, 0.25) is 0 Å². The first-order valence-electron chi connectivity index (χ1n) is 4.68. The smallest absolute Gasteiger partial charge is 0.298 e. The van der Waals surface area contributed by atoms with Crippen molar-refractivity contribution >= 4 is 36.2 Å². The van der Waals surface area contributed by atoms with Gasteiger partial charge < -0.3 is 0 Å². The number of amides is 1. The predicted octanol–water partition coefficient (Wildman–Crippen LogP) is 2.31. The van der Waals surface area contributed by atoms with Gasteiger partial charge >= 0.3 is 6.09 Å². The number of hydrogen-bond donors (Lipinski definition) is 0. The first kappa shape index (κ1) is 15.6. The lowest BCUT2D eigenvalue weighted by Gasteiger charge is -2.17. The second-order valence-electron chi connectivity index (χ2n) is 3.79. The highest BCUT2D eigenvalue weighted by molar-refractivity contribution is 8.00. The van der Waals surface area contributed by atoms with Crippen molar-refractivity contribution in [1.29, 1.82) is 0 Å². The van der Waals surface area contributed by atoms with Crippen LogP contribution in [0.4, 0.5) is 4.79 Å². The number of nitrogens with zero attached hydrogens (tertiary/aromatic N) is 3. The summed E-state index contributed by atoms with van der Waals surface area (Å²) in [4.78, 5) is 16.1. The molecule has 94 valence electrons. The van der Waals surface area contributed by atoms with E-state index in [0.717, 1.165) is 0 Å². The Kier molecular flexibility index (Phi) is 6.85. The highest BCUT2D eigenvalue weighted by Gasteiger charge is 2.15. The molecule has 0 aliphatic heterocycles. The Bertz CT molecular complexity index is 257. The summed E-state index contributed by atoms with van der Waals surface area (Å²) in [5.74, 6) is 0. The Morgan fingerprint density at radius 1 is 1.38 bits per heavy atom. The van der Waals surface area contributed by atoms with Crippen LogP contribution in [-0.4, -0.2) is 53.1 Å². The van der Waals surface area contributed by atoms with Crippen LogP contribution < -0.4 is 0 Å². The summed E-state index contributed by atoms with van der Waals surface area (Å²) in [6.07, 6.45) is 3.10. The van der Waals surface area contributed by atoms with E-state index in [4.69, 9.17) is 4.84 Å². The van der Waals surface area contributed by atoms with E-state index in [-0.39, 0.29) is 4.75 Å². The highest BCUT2D eigenvalue weighted by Crippen LogP contribution is 2.18. The predicted molar refractivity (Wildman–Crippen MR) is 71.6 cm³/mol. The fourth-order valence-corrected chi connectivity index (χ4v) is 1.33. The lowest BCUT2D eigenvalue weighted by molar-refractivity contribution is 0.136. The van der Waals surface area contributed by atoms with Gasteiger partial charge in [-0.25, -0.2) is 13.4 Å². The van der Waals surface area contributed by atoms with Crippen LogP contribution in [0.5, 0.6) is 0 Å². The van der Waals surface area contributed by atoms with Gasteiger partial charge in [-0.1, -0.05) is 5.16 Å². The minimum Gasteiger partial charge on any atom is -0.298 e. The molecular weight excluding hydrogens is 246 g/mol. The minimum atomic E-state index is -0.494. The molecule has 0 aromatic carbocycles. The number of carbonyl (C=O) groups is 1. The number of carbonyl (C=O) groups excluding carboxylic acids is 1. The number of rotatable bonds is 5. The van der Waals surface area contributed by atoms with Crippen LogP contribution >= 0.6 is 23.9 Å². The molecule has 0 fully saturated rings. The van der Waals surface area contributed by atoms with Gasteiger partial charge in [0.25, 0.3) is 0 Å². The molecule has 0 spiro atoms. The van der Waals surface area contributed by atoms with Gasteiger partial charge in [0.2, 0.25) is 0 Å². The van der Waals surface area contributed by atoms with Gasteiger partial charge in [-0.05, 0) is 34.2 Å². The standard InChI is InChI=1S/C9H19N3O2S2/c1-9(2,15-6)7-10-14-8(13)12(5)16-11(3)4/h7H,1-6H3. The molecule has 0 heterocycles. The number of thioether (sulfide) groups is 1. The molecule has 5 nitrogen and oxygen atoms in total.